The number of halogens is 2. The summed E-state index contributed by atoms with van der Waals surface area (Å²) in [6, 6.07) is 5.64. The summed E-state index contributed by atoms with van der Waals surface area (Å²) in [5, 5.41) is 3.95. The summed E-state index contributed by atoms with van der Waals surface area (Å²) in [5.41, 5.74) is 1.14. The molecule has 1 unspecified atom stereocenters. The van der Waals surface area contributed by atoms with Gasteiger partial charge in [0.1, 0.15) is 5.82 Å². The first-order chi connectivity index (χ1) is 10.2. The summed E-state index contributed by atoms with van der Waals surface area (Å²) >= 11 is 5.92. The van der Waals surface area contributed by atoms with Gasteiger partial charge in [0, 0.05) is 6.04 Å². The Morgan fingerprint density at radius 2 is 1.95 bits per heavy atom. The van der Waals surface area contributed by atoms with Gasteiger partial charge in [0.15, 0.2) is 0 Å². The fraction of sp³-hybridized carbons (Fsp3) is 0.667. The molecule has 0 amide bonds. The van der Waals surface area contributed by atoms with Crippen LogP contribution in [0.2, 0.25) is 5.02 Å². The predicted molar refractivity (Wildman–Crippen MR) is 88.4 cm³/mol. The molecule has 1 aromatic carbocycles. The molecule has 0 aromatic heterocycles. The number of hydrogen-bond donors (Lipinski definition) is 1. The fourth-order valence-corrected chi connectivity index (χ4v) is 3.57. The van der Waals surface area contributed by atoms with Gasteiger partial charge in [-0.1, -0.05) is 50.3 Å². The Balaban J connectivity index is 2.05. The molecule has 1 aromatic rings. The van der Waals surface area contributed by atoms with Crippen molar-refractivity contribution in [3.63, 3.8) is 0 Å². The first-order valence-electron chi connectivity index (χ1n) is 8.38. The van der Waals surface area contributed by atoms with E-state index in [-0.39, 0.29) is 10.8 Å². The topological polar surface area (TPSA) is 12.0 Å². The van der Waals surface area contributed by atoms with Crippen molar-refractivity contribution in [1.29, 1.82) is 0 Å². The van der Waals surface area contributed by atoms with Crippen LogP contribution in [0.25, 0.3) is 0 Å². The van der Waals surface area contributed by atoms with Gasteiger partial charge in [-0.05, 0) is 55.8 Å². The molecule has 118 valence electrons. The Labute approximate surface area is 133 Å². The Morgan fingerprint density at radius 3 is 2.57 bits per heavy atom. The van der Waals surface area contributed by atoms with Crippen LogP contribution in [0.15, 0.2) is 18.2 Å². The van der Waals surface area contributed by atoms with Crippen LogP contribution in [0, 0.1) is 11.7 Å². The van der Waals surface area contributed by atoms with Crippen molar-refractivity contribution >= 4 is 11.6 Å². The van der Waals surface area contributed by atoms with Gasteiger partial charge >= 0.3 is 0 Å². The maximum Gasteiger partial charge on any atom is 0.141 e. The van der Waals surface area contributed by atoms with Gasteiger partial charge in [-0.2, -0.15) is 0 Å². The van der Waals surface area contributed by atoms with Crippen molar-refractivity contribution in [2.24, 2.45) is 5.92 Å². The lowest BCUT2D eigenvalue weighted by Gasteiger charge is -2.27. The molecule has 1 aliphatic carbocycles. The zero-order valence-corrected chi connectivity index (χ0v) is 13.8. The molecule has 1 atom stereocenters. The predicted octanol–water partition coefficient (Wildman–Crippen LogP) is 5.36. The molecule has 0 bridgehead atoms. The molecule has 1 nitrogen and oxygen atoms in total. The average molecular weight is 312 g/mol. The fourth-order valence-electron chi connectivity index (χ4n) is 3.37. The lowest BCUT2D eigenvalue weighted by atomic mass is 9.87. The highest BCUT2D eigenvalue weighted by atomic mass is 35.5. The number of hydrogen-bond acceptors (Lipinski definition) is 1. The summed E-state index contributed by atoms with van der Waals surface area (Å²) in [6.45, 7) is 3.25. The van der Waals surface area contributed by atoms with E-state index in [0.717, 1.165) is 30.9 Å². The highest BCUT2D eigenvalue weighted by Gasteiger charge is 2.22. The van der Waals surface area contributed by atoms with E-state index in [1.165, 1.54) is 44.6 Å². The van der Waals surface area contributed by atoms with Crippen molar-refractivity contribution in [2.75, 3.05) is 6.54 Å². The Bertz CT molecular complexity index is 427. The zero-order valence-electron chi connectivity index (χ0n) is 13.0. The van der Waals surface area contributed by atoms with E-state index in [1.54, 1.807) is 6.07 Å². The number of rotatable bonds is 6. The third kappa shape index (κ3) is 5.27. The van der Waals surface area contributed by atoms with Gasteiger partial charge < -0.3 is 5.32 Å². The smallest absolute Gasteiger partial charge is 0.141 e. The van der Waals surface area contributed by atoms with E-state index in [2.05, 4.69) is 12.2 Å². The first kappa shape index (κ1) is 16.8. The van der Waals surface area contributed by atoms with E-state index < -0.39 is 0 Å². The monoisotopic (exact) mass is 311 g/mol. The Hall–Kier alpha value is -0.600. The van der Waals surface area contributed by atoms with Gasteiger partial charge in [0.25, 0.3) is 0 Å². The molecule has 1 aliphatic rings. The molecular formula is C18H27ClFN. The van der Waals surface area contributed by atoms with Crippen LogP contribution < -0.4 is 5.32 Å². The van der Waals surface area contributed by atoms with Crippen LogP contribution in [-0.4, -0.2) is 12.6 Å². The second-order valence-electron chi connectivity index (χ2n) is 6.26. The van der Waals surface area contributed by atoms with Crippen LogP contribution in [0.4, 0.5) is 4.39 Å². The van der Waals surface area contributed by atoms with Crippen LogP contribution in [0.5, 0.6) is 0 Å². The van der Waals surface area contributed by atoms with Gasteiger partial charge in [0.05, 0.1) is 5.02 Å². The third-order valence-corrected chi connectivity index (χ3v) is 4.85. The molecule has 2 rings (SSSR count). The molecule has 1 N–H and O–H groups in total. The maximum atomic E-state index is 13.3. The molecule has 0 radical (unpaired) electrons. The Morgan fingerprint density at radius 1 is 1.24 bits per heavy atom. The van der Waals surface area contributed by atoms with E-state index in [4.69, 9.17) is 11.6 Å². The maximum absolute atomic E-state index is 13.3. The van der Waals surface area contributed by atoms with Crippen molar-refractivity contribution in [3.05, 3.63) is 34.6 Å². The number of benzene rings is 1. The number of nitrogens with one attached hydrogen (secondary N) is 1. The summed E-state index contributed by atoms with van der Waals surface area (Å²) in [6.07, 6.45) is 10.2. The molecule has 1 fully saturated rings. The lowest BCUT2D eigenvalue weighted by Crippen LogP contribution is -2.38. The quantitative estimate of drug-likeness (QED) is 0.697. The molecule has 3 heteroatoms. The molecule has 21 heavy (non-hydrogen) atoms. The van der Waals surface area contributed by atoms with Crippen LogP contribution >= 0.6 is 11.6 Å². The third-order valence-electron chi connectivity index (χ3n) is 4.57. The van der Waals surface area contributed by atoms with Gasteiger partial charge in [-0.25, -0.2) is 4.39 Å². The molecular weight excluding hydrogens is 285 g/mol. The minimum absolute atomic E-state index is 0.239. The largest absolute Gasteiger partial charge is 0.313 e. The van der Waals surface area contributed by atoms with E-state index >= 15 is 0 Å². The lowest BCUT2D eigenvalue weighted by molar-refractivity contribution is 0.317. The second-order valence-corrected chi connectivity index (χ2v) is 6.67. The van der Waals surface area contributed by atoms with Crippen molar-refractivity contribution in [2.45, 2.75) is 64.3 Å². The van der Waals surface area contributed by atoms with Crippen molar-refractivity contribution < 1.29 is 4.39 Å². The minimum Gasteiger partial charge on any atom is -0.313 e. The van der Waals surface area contributed by atoms with E-state index in [9.17, 15) is 4.39 Å². The standard InChI is InChI=1S/C18H27ClFN/c1-2-11-21-18(15-7-5-3-4-6-8-15)13-14-9-10-17(20)16(19)12-14/h9-10,12,15,18,21H,2-8,11,13H2,1H3. The molecule has 0 spiro atoms. The summed E-state index contributed by atoms with van der Waals surface area (Å²) in [5.74, 6) is 0.413. The van der Waals surface area contributed by atoms with E-state index in [0.29, 0.717) is 6.04 Å². The van der Waals surface area contributed by atoms with Crippen molar-refractivity contribution in [3.8, 4) is 0 Å². The summed E-state index contributed by atoms with van der Waals surface area (Å²) in [4.78, 5) is 0. The normalized spacial score (nSPS) is 18.4. The molecule has 0 aliphatic heterocycles. The molecule has 0 heterocycles. The van der Waals surface area contributed by atoms with Crippen LogP contribution in [0.3, 0.4) is 0 Å². The van der Waals surface area contributed by atoms with Crippen LogP contribution in [-0.2, 0) is 6.42 Å². The van der Waals surface area contributed by atoms with E-state index in [1.807, 2.05) is 6.07 Å². The first-order valence-corrected chi connectivity index (χ1v) is 8.75. The average Bonchev–Trinajstić information content (AvgIpc) is 2.76. The SMILES string of the molecule is CCCNC(Cc1ccc(F)c(Cl)c1)C1CCCCCC1. The molecule has 0 saturated heterocycles. The Kier molecular flexibility index (Phi) is 6.98. The summed E-state index contributed by atoms with van der Waals surface area (Å²) in [7, 11) is 0. The van der Waals surface area contributed by atoms with Gasteiger partial charge in [-0.3, -0.25) is 0 Å². The highest BCUT2D eigenvalue weighted by molar-refractivity contribution is 6.30. The molecule has 1 saturated carbocycles. The van der Waals surface area contributed by atoms with Crippen molar-refractivity contribution in [1.82, 2.24) is 5.32 Å². The summed E-state index contributed by atoms with van der Waals surface area (Å²) < 4.78 is 13.3. The van der Waals surface area contributed by atoms with Gasteiger partial charge in [-0.15, -0.1) is 0 Å². The zero-order chi connectivity index (χ0) is 15.1. The minimum atomic E-state index is -0.326. The highest BCUT2D eigenvalue weighted by Crippen LogP contribution is 2.28. The van der Waals surface area contributed by atoms with Gasteiger partial charge in [0.2, 0.25) is 0 Å². The second kappa shape index (κ2) is 8.75. The van der Waals surface area contributed by atoms with Crippen LogP contribution in [0.1, 0.15) is 57.4 Å².